The summed E-state index contributed by atoms with van der Waals surface area (Å²) in [6, 6.07) is 5.94. The molecule has 0 aliphatic heterocycles. The Labute approximate surface area is 107 Å². The average molecular weight is 261 g/mol. The first-order valence-corrected chi connectivity index (χ1v) is 6.27. The largest absolute Gasteiger partial charge is 0.315 e. The summed E-state index contributed by atoms with van der Waals surface area (Å²) in [7, 11) is 0. The fraction of sp³-hybridized carbons (Fsp3) is 0.500. The van der Waals surface area contributed by atoms with Crippen LogP contribution in [0, 0.1) is 0 Å². The van der Waals surface area contributed by atoms with Crippen molar-refractivity contribution in [2.24, 2.45) is 0 Å². The lowest BCUT2D eigenvalue weighted by Crippen LogP contribution is -2.35. The smallest absolute Gasteiger partial charge is 0.0451 e. The highest BCUT2D eigenvalue weighted by atomic mass is 35.5. The molecule has 4 heteroatoms. The van der Waals surface area contributed by atoms with E-state index < -0.39 is 0 Å². The Morgan fingerprint density at radius 3 is 2.75 bits per heavy atom. The highest BCUT2D eigenvalue weighted by molar-refractivity contribution is 6.33. The lowest BCUT2D eigenvalue weighted by molar-refractivity contribution is 0.509. The zero-order valence-corrected chi connectivity index (χ0v) is 11.2. The van der Waals surface area contributed by atoms with Crippen molar-refractivity contribution in [1.82, 2.24) is 10.6 Å². The third-order valence-corrected chi connectivity index (χ3v) is 2.95. The van der Waals surface area contributed by atoms with E-state index in [4.69, 9.17) is 23.2 Å². The van der Waals surface area contributed by atoms with Crippen LogP contribution in [-0.2, 0) is 6.54 Å². The van der Waals surface area contributed by atoms with Gasteiger partial charge in [-0.3, -0.25) is 0 Å². The van der Waals surface area contributed by atoms with E-state index in [1.165, 1.54) is 0 Å². The predicted octanol–water partition coefficient (Wildman–Crippen LogP) is 3.08. The minimum Gasteiger partial charge on any atom is -0.315 e. The molecule has 90 valence electrons. The lowest BCUT2D eigenvalue weighted by atomic mass is 10.2. The molecule has 1 aromatic carbocycles. The van der Waals surface area contributed by atoms with Gasteiger partial charge >= 0.3 is 0 Å². The summed E-state index contributed by atoms with van der Waals surface area (Å²) >= 11 is 12.0. The van der Waals surface area contributed by atoms with Crippen molar-refractivity contribution in [3.63, 3.8) is 0 Å². The van der Waals surface area contributed by atoms with E-state index in [1.807, 2.05) is 12.1 Å². The van der Waals surface area contributed by atoms with E-state index in [1.54, 1.807) is 6.07 Å². The molecule has 0 radical (unpaired) electrons. The molecule has 0 heterocycles. The Hall–Kier alpha value is -0.280. The van der Waals surface area contributed by atoms with Crippen LogP contribution in [0.4, 0.5) is 0 Å². The molecule has 1 aromatic rings. The second-order valence-electron chi connectivity index (χ2n) is 3.83. The van der Waals surface area contributed by atoms with E-state index >= 15 is 0 Å². The minimum atomic E-state index is 0.412. The maximum Gasteiger partial charge on any atom is 0.0451 e. The van der Waals surface area contributed by atoms with Crippen LogP contribution in [0.1, 0.15) is 19.4 Å². The van der Waals surface area contributed by atoms with Gasteiger partial charge in [0.15, 0.2) is 0 Å². The zero-order chi connectivity index (χ0) is 12.0. The SMILES string of the molecule is CCNCC(C)NCc1cc(Cl)ccc1Cl. The van der Waals surface area contributed by atoms with E-state index in [9.17, 15) is 0 Å². The lowest BCUT2D eigenvalue weighted by Gasteiger charge is -2.14. The van der Waals surface area contributed by atoms with Crippen molar-refractivity contribution in [3.8, 4) is 0 Å². The Kier molecular flexibility index (Phi) is 6.14. The highest BCUT2D eigenvalue weighted by Gasteiger charge is 2.04. The van der Waals surface area contributed by atoms with E-state index in [0.29, 0.717) is 6.04 Å². The van der Waals surface area contributed by atoms with E-state index in [-0.39, 0.29) is 0 Å². The molecule has 0 amide bonds. The van der Waals surface area contributed by atoms with Crippen molar-refractivity contribution in [2.75, 3.05) is 13.1 Å². The van der Waals surface area contributed by atoms with Gasteiger partial charge in [0.25, 0.3) is 0 Å². The number of likely N-dealkylation sites (N-methyl/N-ethyl adjacent to an activating group) is 1. The van der Waals surface area contributed by atoms with Crippen LogP contribution in [0.15, 0.2) is 18.2 Å². The normalized spacial score (nSPS) is 12.8. The number of rotatable bonds is 6. The first-order valence-electron chi connectivity index (χ1n) is 5.51. The Morgan fingerprint density at radius 2 is 2.06 bits per heavy atom. The van der Waals surface area contributed by atoms with E-state index in [0.717, 1.165) is 35.2 Å². The fourth-order valence-corrected chi connectivity index (χ4v) is 1.78. The average Bonchev–Trinajstić information content (AvgIpc) is 2.27. The maximum atomic E-state index is 6.07. The van der Waals surface area contributed by atoms with Crippen LogP contribution < -0.4 is 10.6 Å². The number of hydrogen-bond donors (Lipinski definition) is 2. The number of halogens is 2. The number of hydrogen-bond acceptors (Lipinski definition) is 2. The fourth-order valence-electron chi connectivity index (χ4n) is 1.40. The van der Waals surface area contributed by atoms with Gasteiger partial charge < -0.3 is 10.6 Å². The predicted molar refractivity (Wildman–Crippen MR) is 71.3 cm³/mol. The molecular formula is C12H18Cl2N2. The molecule has 0 saturated carbocycles. The summed E-state index contributed by atoms with van der Waals surface area (Å²) in [4.78, 5) is 0. The molecule has 16 heavy (non-hydrogen) atoms. The molecular weight excluding hydrogens is 243 g/mol. The topological polar surface area (TPSA) is 24.1 Å². The van der Waals surface area contributed by atoms with Crippen molar-refractivity contribution in [1.29, 1.82) is 0 Å². The third-order valence-electron chi connectivity index (χ3n) is 2.35. The summed E-state index contributed by atoms with van der Waals surface area (Å²) in [5.41, 5.74) is 1.04. The van der Waals surface area contributed by atoms with Gasteiger partial charge in [-0.1, -0.05) is 30.1 Å². The molecule has 0 fully saturated rings. The van der Waals surface area contributed by atoms with Crippen molar-refractivity contribution < 1.29 is 0 Å². The van der Waals surface area contributed by atoms with Crippen molar-refractivity contribution >= 4 is 23.2 Å². The molecule has 0 saturated heterocycles. The van der Waals surface area contributed by atoms with Crippen LogP contribution in [0.5, 0.6) is 0 Å². The van der Waals surface area contributed by atoms with Crippen molar-refractivity contribution in [3.05, 3.63) is 33.8 Å². The van der Waals surface area contributed by atoms with Crippen molar-refractivity contribution in [2.45, 2.75) is 26.4 Å². The van der Waals surface area contributed by atoms with Gasteiger partial charge in [0.05, 0.1) is 0 Å². The monoisotopic (exact) mass is 260 g/mol. The zero-order valence-electron chi connectivity index (χ0n) is 9.69. The third kappa shape index (κ3) is 4.71. The van der Waals surface area contributed by atoms with Gasteiger partial charge in [-0.25, -0.2) is 0 Å². The quantitative estimate of drug-likeness (QED) is 0.822. The molecule has 1 unspecified atom stereocenters. The summed E-state index contributed by atoms with van der Waals surface area (Å²) in [6.07, 6.45) is 0. The molecule has 2 N–H and O–H groups in total. The van der Waals surface area contributed by atoms with Gasteiger partial charge in [-0.15, -0.1) is 0 Å². The van der Waals surface area contributed by atoms with Crippen LogP contribution in [0.25, 0.3) is 0 Å². The summed E-state index contributed by atoms with van der Waals surface area (Å²) < 4.78 is 0. The summed E-state index contributed by atoms with van der Waals surface area (Å²) in [5.74, 6) is 0. The van der Waals surface area contributed by atoms with Gasteiger partial charge in [-0.05, 0) is 37.2 Å². The van der Waals surface area contributed by atoms with Crippen LogP contribution >= 0.6 is 23.2 Å². The standard InChI is InChI=1S/C12H18Cl2N2/c1-3-15-7-9(2)16-8-10-6-11(13)4-5-12(10)14/h4-6,9,15-16H,3,7-8H2,1-2H3. The highest BCUT2D eigenvalue weighted by Crippen LogP contribution is 2.20. The molecule has 0 aromatic heterocycles. The van der Waals surface area contributed by atoms with Crippen LogP contribution in [0.3, 0.4) is 0 Å². The Morgan fingerprint density at radius 1 is 1.31 bits per heavy atom. The minimum absolute atomic E-state index is 0.412. The number of nitrogens with one attached hydrogen (secondary N) is 2. The van der Waals surface area contributed by atoms with Crippen LogP contribution in [0.2, 0.25) is 10.0 Å². The molecule has 2 nitrogen and oxygen atoms in total. The van der Waals surface area contributed by atoms with Crippen LogP contribution in [-0.4, -0.2) is 19.1 Å². The molecule has 1 atom stereocenters. The van der Waals surface area contributed by atoms with Gasteiger partial charge in [0.1, 0.15) is 0 Å². The Bertz CT molecular complexity index is 329. The second-order valence-corrected chi connectivity index (χ2v) is 4.67. The first kappa shape index (κ1) is 13.8. The molecule has 1 rings (SSSR count). The maximum absolute atomic E-state index is 6.07. The molecule has 0 aliphatic rings. The molecule has 0 aliphatic carbocycles. The van der Waals surface area contributed by atoms with Gasteiger partial charge in [0.2, 0.25) is 0 Å². The van der Waals surface area contributed by atoms with E-state index in [2.05, 4.69) is 24.5 Å². The summed E-state index contributed by atoms with van der Waals surface area (Å²) in [5, 5.41) is 8.16. The number of benzene rings is 1. The second kappa shape index (κ2) is 7.13. The molecule has 0 spiro atoms. The summed E-state index contributed by atoms with van der Waals surface area (Å²) in [6.45, 7) is 6.92. The Balaban J connectivity index is 2.44. The molecule has 0 bridgehead atoms. The first-order chi connectivity index (χ1) is 7.63. The van der Waals surface area contributed by atoms with Gasteiger partial charge in [-0.2, -0.15) is 0 Å². The van der Waals surface area contributed by atoms with Gasteiger partial charge in [0, 0.05) is 29.2 Å².